The number of methoxy groups -OCH3 is 1. The lowest BCUT2D eigenvalue weighted by molar-refractivity contribution is 0.411. The molecule has 0 radical (unpaired) electrons. The molecule has 0 amide bonds. The van der Waals surface area contributed by atoms with Crippen LogP contribution in [0.15, 0.2) is 30.6 Å². The van der Waals surface area contributed by atoms with E-state index in [0.29, 0.717) is 5.82 Å². The fourth-order valence-corrected chi connectivity index (χ4v) is 2.11. The average Bonchev–Trinajstić information content (AvgIpc) is 2.44. The van der Waals surface area contributed by atoms with Gasteiger partial charge in [-0.2, -0.15) is 0 Å². The summed E-state index contributed by atoms with van der Waals surface area (Å²) in [6, 6.07) is 5.60. The molecule has 0 bridgehead atoms. The lowest BCUT2D eigenvalue weighted by Crippen LogP contribution is -2.30. The molecule has 2 aromatic rings. The van der Waals surface area contributed by atoms with Crippen molar-refractivity contribution in [3.8, 4) is 5.75 Å². The highest BCUT2D eigenvalue weighted by Crippen LogP contribution is 2.28. The van der Waals surface area contributed by atoms with Crippen LogP contribution in [-0.4, -0.2) is 17.1 Å². The molecule has 1 atom stereocenters. The Kier molecular flexibility index (Phi) is 4.09. The van der Waals surface area contributed by atoms with Crippen LogP contribution in [0.2, 0.25) is 0 Å². The number of nitrogens with one attached hydrogen (secondary N) is 1. The third kappa shape index (κ3) is 2.72. The number of aromatic nitrogens is 2. The zero-order chi connectivity index (χ0) is 13.8. The Morgan fingerprint density at radius 3 is 2.42 bits per heavy atom. The lowest BCUT2D eigenvalue weighted by atomic mass is 9.98. The van der Waals surface area contributed by atoms with Gasteiger partial charge in [-0.25, -0.2) is 15.4 Å². The lowest BCUT2D eigenvalue weighted by Gasteiger charge is -2.19. The summed E-state index contributed by atoms with van der Waals surface area (Å²) >= 11 is 0. The quantitative estimate of drug-likeness (QED) is 0.644. The maximum absolute atomic E-state index is 5.67. The molecule has 1 aromatic carbocycles. The summed E-state index contributed by atoms with van der Waals surface area (Å²) in [5.74, 6) is 7.18. The van der Waals surface area contributed by atoms with Gasteiger partial charge in [0.2, 0.25) is 0 Å². The summed E-state index contributed by atoms with van der Waals surface area (Å²) in [6.45, 7) is 4.02. The zero-order valence-corrected chi connectivity index (χ0v) is 11.3. The van der Waals surface area contributed by atoms with Crippen LogP contribution in [0.25, 0.3) is 0 Å². The SMILES string of the molecule is COc1cc(C)c(C(NN)c2ncccn2)cc1C. The third-order valence-electron chi connectivity index (χ3n) is 3.11. The van der Waals surface area contributed by atoms with Gasteiger partial charge < -0.3 is 4.74 Å². The largest absolute Gasteiger partial charge is 0.496 e. The van der Waals surface area contributed by atoms with Crippen LogP contribution in [0.3, 0.4) is 0 Å². The Hall–Kier alpha value is -1.98. The van der Waals surface area contributed by atoms with Crippen LogP contribution in [0.1, 0.15) is 28.6 Å². The molecule has 1 unspecified atom stereocenters. The van der Waals surface area contributed by atoms with Gasteiger partial charge in [-0.3, -0.25) is 5.84 Å². The topological polar surface area (TPSA) is 73.1 Å². The highest BCUT2D eigenvalue weighted by atomic mass is 16.5. The van der Waals surface area contributed by atoms with Crippen molar-refractivity contribution in [2.45, 2.75) is 19.9 Å². The molecule has 0 aliphatic carbocycles. The van der Waals surface area contributed by atoms with Crippen molar-refractivity contribution in [2.75, 3.05) is 7.11 Å². The molecule has 3 N–H and O–H groups in total. The van der Waals surface area contributed by atoms with E-state index in [1.807, 2.05) is 19.9 Å². The summed E-state index contributed by atoms with van der Waals surface area (Å²) in [4.78, 5) is 8.51. The van der Waals surface area contributed by atoms with Gasteiger partial charge in [0.15, 0.2) is 5.82 Å². The van der Waals surface area contributed by atoms with Gasteiger partial charge in [-0.05, 0) is 42.7 Å². The van der Waals surface area contributed by atoms with Crippen molar-refractivity contribution >= 4 is 0 Å². The van der Waals surface area contributed by atoms with Crippen LogP contribution >= 0.6 is 0 Å². The van der Waals surface area contributed by atoms with E-state index < -0.39 is 0 Å². The number of aryl methyl sites for hydroxylation is 2. The number of benzene rings is 1. The van der Waals surface area contributed by atoms with Gasteiger partial charge in [-0.15, -0.1) is 0 Å². The van der Waals surface area contributed by atoms with Crippen LogP contribution in [-0.2, 0) is 0 Å². The maximum Gasteiger partial charge on any atom is 0.150 e. The van der Waals surface area contributed by atoms with E-state index in [1.165, 1.54) is 0 Å². The molecule has 0 saturated heterocycles. The molecule has 1 aromatic heterocycles. The first-order valence-electron chi connectivity index (χ1n) is 6.05. The standard InChI is InChI=1S/C14H18N4O/c1-9-8-12(19-3)10(2)7-11(9)13(18-15)14-16-5-4-6-17-14/h4-8,13,18H,15H2,1-3H3. The second kappa shape index (κ2) is 5.77. The molecular formula is C14H18N4O. The van der Waals surface area contributed by atoms with Crippen molar-refractivity contribution in [3.05, 3.63) is 53.1 Å². The van der Waals surface area contributed by atoms with E-state index in [-0.39, 0.29) is 6.04 Å². The summed E-state index contributed by atoms with van der Waals surface area (Å²) in [5.41, 5.74) is 5.96. The molecule has 0 aliphatic heterocycles. The second-order valence-corrected chi connectivity index (χ2v) is 4.39. The highest BCUT2D eigenvalue weighted by molar-refractivity contribution is 5.44. The van der Waals surface area contributed by atoms with E-state index >= 15 is 0 Å². The van der Waals surface area contributed by atoms with Crippen molar-refractivity contribution in [3.63, 3.8) is 0 Å². The first-order chi connectivity index (χ1) is 9.17. The molecule has 0 spiro atoms. The molecule has 5 heteroatoms. The molecule has 100 valence electrons. The van der Waals surface area contributed by atoms with Crippen LogP contribution in [0.5, 0.6) is 5.75 Å². The number of nitrogens with two attached hydrogens (primary N) is 1. The van der Waals surface area contributed by atoms with Gasteiger partial charge in [0.25, 0.3) is 0 Å². The monoisotopic (exact) mass is 258 g/mol. The minimum absolute atomic E-state index is 0.231. The Balaban J connectivity index is 2.47. The predicted molar refractivity (Wildman–Crippen MR) is 73.7 cm³/mol. The van der Waals surface area contributed by atoms with Gasteiger partial charge in [0.1, 0.15) is 11.8 Å². The number of rotatable bonds is 4. The fraction of sp³-hybridized carbons (Fsp3) is 0.286. The van der Waals surface area contributed by atoms with Crippen LogP contribution < -0.4 is 16.0 Å². The Bertz CT molecular complexity index is 557. The summed E-state index contributed by atoms with van der Waals surface area (Å²) in [6.07, 6.45) is 3.41. The first kappa shape index (κ1) is 13.5. The average molecular weight is 258 g/mol. The Morgan fingerprint density at radius 2 is 1.84 bits per heavy atom. The van der Waals surface area contributed by atoms with Gasteiger partial charge in [0.05, 0.1) is 7.11 Å². The zero-order valence-electron chi connectivity index (χ0n) is 11.3. The fourth-order valence-electron chi connectivity index (χ4n) is 2.11. The molecule has 2 rings (SSSR count). The van der Waals surface area contributed by atoms with Crippen molar-refractivity contribution in [1.82, 2.24) is 15.4 Å². The van der Waals surface area contributed by atoms with E-state index in [2.05, 4.69) is 21.5 Å². The number of hydrazine groups is 1. The Labute approximate surface area is 112 Å². The predicted octanol–water partition coefficient (Wildman–Crippen LogP) is 1.65. The minimum atomic E-state index is -0.231. The molecule has 19 heavy (non-hydrogen) atoms. The molecule has 0 saturated carbocycles. The second-order valence-electron chi connectivity index (χ2n) is 4.39. The van der Waals surface area contributed by atoms with Crippen LogP contribution in [0, 0.1) is 13.8 Å². The van der Waals surface area contributed by atoms with Crippen LogP contribution in [0.4, 0.5) is 0 Å². The van der Waals surface area contributed by atoms with E-state index in [1.54, 1.807) is 25.6 Å². The third-order valence-corrected chi connectivity index (χ3v) is 3.11. The highest BCUT2D eigenvalue weighted by Gasteiger charge is 2.18. The summed E-state index contributed by atoms with van der Waals surface area (Å²) in [5, 5.41) is 0. The molecule has 1 heterocycles. The molecule has 5 nitrogen and oxygen atoms in total. The van der Waals surface area contributed by atoms with Crippen molar-refractivity contribution < 1.29 is 4.74 Å². The number of hydrogen-bond acceptors (Lipinski definition) is 5. The van der Waals surface area contributed by atoms with E-state index in [0.717, 1.165) is 22.4 Å². The number of ether oxygens (including phenoxy) is 1. The molecule has 0 fully saturated rings. The Morgan fingerprint density at radius 1 is 1.16 bits per heavy atom. The first-order valence-corrected chi connectivity index (χ1v) is 6.05. The molecule has 0 aliphatic rings. The summed E-state index contributed by atoms with van der Waals surface area (Å²) < 4.78 is 5.32. The van der Waals surface area contributed by atoms with E-state index in [9.17, 15) is 0 Å². The van der Waals surface area contributed by atoms with Crippen molar-refractivity contribution in [2.24, 2.45) is 5.84 Å². The van der Waals surface area contributed by atoms with Gasteiger partial charge in [0, 0.05) is 12.4 Å². The smallest absolute Gasteiger partial charge is 0.150 e. The maximum atomic E-state index is 5.67. The normalized spacial score (nSPS) is 12.2. The summed E-state index contributed by atoms with van der Waals surface area (Å²) in [7, 11) is 1.67. The van der Waals surface area contributed by atoms with Crippen molar-refractivity contribution in [1.29, 1.82) is 0 Å². The van der Waals surface area contributed by atoms with E-state index in [4.69, 9.17) is 10.6 Å². The molecular weight excluding hydrogens is 240 g/mol. The minimum Gasteiger partial charge on any atom is -0.496 e. The number of hydrogen-bond donors (Lipinski definition) is 2. The van der Waals surface area contributed by atoms with Gasteiger partial charge >= 0.3 is 0 Å². The van der Waals surface area contributed by atoms with Gasteiger partial charge in [-0.1, -0.05) is 6.07 Å². The number of nitrogens with zero attached hydrogens (tertiary/aromatic N) is 2.